The third kappa shape index (κ3) is 5.07. The summed E-state index contributed by atoms with van der Waals surface area (Å²) < 4.78 is 0.969. The predicted octanol–water partition coefficient (Wildman–Crippen LogP) is 3.45. The zero-order valence-electron chi connectivity index (χ0n) is 16.8. The molecule has 2 amide bonds. The van der Waals surface area contributed by atoms with Crippen molar-refractivity contribution in [1.82, 2.24) is 15.5 Å². The number of carbonyl (C=O) groups is 2. The summed E-state index contributed by atoms with van der Waals surface area (Å²) in [5.41, 5.74) is 1.95. The summed E-state index contributed by atoms with van der Waals surface area (Å²) in [6.07, 6.45) is 2.55. The molecule has 2 N–H and O–H groups in total. The van der Waals surface area contributed by atoms with Gasteiger partial charge in [-0.2, -0.15) is 0 Å². The summed E-state index contributed by atoms with van der Waals surface area (Å²) in [6.45, 7) is 2.06. The summed E-state index contributed by atoms with van der Waals surface area (Å²) in [6, 6.07) is 17.5. The monoisotopic (exact) mass is 487 g/mol. The average Bonchev–Trinajstić information content (AvgIpc) is 3.19. The van der Waals surface area contributed by atoms with E-state index in [1.54, 1.807) is 0 Å². The van der Waals surface area contributed by atoms with E-state index < -0.39 is 0 Å². The minimum Gasteiger partial charge on any atom is -0.354 e. The van der Waals surface area contributed by atoms with Crippen LogP contribution in [0.15, 0.2) is 59.1 Å². The number of hydrogen-bond donors (Lipinski definition) is 2. The number of carbonyl (C=O) groups excluding carboxylic acids is 2. The number of amides is 2. The van der Waals surface area contributed by atoms with Gasteiger partial charge >= 0.3 is 0 Å². The van der Waals surface area contributed by atoms with Crippen molar-refractivity contribution in [3.8, 4) is 0 Å². The third-order valence-electron chi connectivity index (χ3n) is 5.79. The standard InChI is InChI=1S/C23H26BrN3O2S/c24-19-8-6-18(7-9-19)22(29)27-14-11-23(12-15-27)26-20(16-30-23)21(28)25-13-10-17-4-2-1-3-5-17/h1-9,20,26H,10-16H2,(H,25,28). The van der Waals surface area contributed by atoms with Gasteiger partial charge in [0.1, 0.15) is 0 Å². The Hall–Kier alpha value is -1.83. The van der Waals surface area contributed by atoms with Gasteiger partial charge in [-0.3, -0.25) is 14.9 Å². The first-order valence-corrected chi connectivity index (χ1v) is 12.1. The number of thioether (sulfide) groups is 1. The molecule has 158 valence electrons. The number of benzene rings is 2. The number of piperidine rings is 1. The highest BCUT2D eigenvalue weighted by molar-refractivity contribution is 9.10. The maximum absolute atomic E-state index is 12.7. The molecule has 0 radical (unpaired) electrons. The Morgan fingerprint density at radius 3 is 2.50 bits per heavy atom. The summed E-state index contributed by atoms with van der Waals surface area (Å²) in [4.78, 5) is 27.2. The lowest BCUT2D eigenvalue weighted by Crippen LogP contribution is -2.54. The first kappa shape index (κ1) is 21.4. The second kappa shape index (κ2) is 9.54. The molecule has 2 aromatic carbocycles. The molecule has 2 aliphatic rings. The number of nitrogens with one attached hydrogen (secondary N) is 2. The fourth-order valence-electron chi connectivity index (χ4n) is 4.02. The van der Waals surface area contributed by atoms with E-state index in [1.165, 1.54) is 5.56 Å². The smallest absolute Gasteiger partial charge is 0.253 e. The molecule has 2 heterocycles. The minimum atomic E-state index is -0.167. The van der Waals surface area contributed by atoms with Crippen molar-refractivity contribution < 1.29 is 9.59 Å². The van der Waals surface area contributed by atoms with Gasteiger partial charge in [-0.25, -0.2) is 0 Å². The largest absolute Gasteiger partial charge is 0.354 e. The first-order chi connectivity index (χ1) is 14.5. The molecule has 0 aliphatic carbocycles. The van der Waals surface area contributed by atoms with Crippen molar-refractivity contribution >= 4 is 39.5 Å². The van der Waals surface area contributed by atoms with Gasteiger partial charge in [-0.15, -0.1) is 11.8 Å². The Balaban J connectivity index is 1.24. The van der Waals surface area contributed by atoms with Gasteiger partial charge in [0, 0.05) is 35.4 Å². The van der Waals surface area contributed by atoms with Crippen molar-refractivity contribution in [1.29, 1.82) is 0 Å². The molecule has 2 fully saturated rings. The van der Waals surface area contributed by atoms with E-state index in [9.17, 15) is 9.59 Å². The highest BCUT2D eigenvalue weighted by Gasteiger charge is 2.44. The number of hydrogen-bond acceptors (Lipinski definition) is 4. The molecule has 2 aromatic rings. The number of rotatable bonds is 5. The fraction of sp³-hybridized carbons (Fsp3) is 0.391. The summed E-state index contributed by atoms with van der Waals surface area (Å²) in [7, 11) is 0. The molecule has 0 aromatic heterocycles. The zero-order valence-corrected chi connectivity index (χ0v) is 19.2. The molecule has 5 nitrogen and oxygen atoms in total. The lowest BCUT2D eigenvalue weighted by atomic mass is 10.0. The summed E-state index contributed by atoms with van der Waals surface area (Å²) in [5.74, 6) is 0.928. The van der Waals surface area contributed by atoms with E-state index in [-0.39, 0.29) is 22.7 Å². The van der Waals surface area contributed by atoms with E-state index in [4.69, 9.17) is 0 Å². The molecule has 1 spiro atoms. The normalized spacial score (nSPS) is 20.3. The van der Waals surface area contributed by atoms with E-state index in [0.29, 0.717) is 19.6 Å². The second-order valence-corrected chi connectivity index (χ2v) is 10.1. The van der Waals surface area contributed by atoms with E-state index in [0.717, 1.165) is 35.1 Å². The molecule has 0 bridgehead atoms. The lowest BCUT2D eigenvalue weighted by Gasteiger charge is -2.39. The Labute approximate surface area is 190 Å². The van der Waals surface area contributed by atoms with Crippen molar-refractivity contribution in [3.05, 3.63) is 70.2 Å². The number of halogens is 1. The molecule has 4 rings (SSSR count). The SMILES string of the molecule is O=C(NCCc1ccccc1)C1CSC2(CCN(C(=O)c3ccc(Br)cc3)CC2)N1. The van der Waals surface area contributed by atoms with Crippen molar-refractivity contribution in [2.24, 2.45) is 0 Å². The van der Waals surface area contributed by atoms with Gasteiger partial charge in [0.2, 0.25) is 5.91 Å². The molecule has 0 saturated carbocycles. The Bertz CT molecular complexity index is 883. The molecule has 1 unspecified atom stereocenters. The van der Waals surface area contributed by atoms with E-state index in [2.05, 4.69) is 38.7 Å². The summed E-state index contributed by atoms with van der Waals surface area (Å²) in [5, 5.41) is 6.63. The molecule has 2 aliphatic heterocycles. The van der Waals surface area contributed by atoms with E-state index >= 15 is 0 Å². The average molecular weight is 488 g/mol. The van der Waals surface area contributed by atoms with Crippen LogP contribution in [0, 0.1) is 0 Å². The molecule has 1 atom stereocenters. The van der Waals surface area contributed by atoms with Crippen LogP contribution >= 0.6 is 27.7 Å². The highest BCUT2D eigenvalue weighted by atomic mass is 79.9. The van der Waals surface area contributed by atoms with Gasteiger partial charge < -0.3 is 10.2 Å². The van der Waals surface area contributed by atoms with Crippen LogP contribution in [0.3, 0.4) is 0 Å². The minimum absolute atomic E-state index is 0.0728. The number of likely N-dealkylation sites (tertiary alicyclic amines) is 1. The summed E-state index contributed by atoms with van der Waals surface area (Å²) >= 11 is 5.23. The van der Waals surface area contributed by atoms with Gasteiger partial charge in [0.25, 0.3) is 5.91 Å². The molecule has 30 heavy (non-hydrogen) atoms. The van der Waals surface area contributed by atoms with Gasteiger partial charge in [-0.05, 0) is 49.1 Å². The van der Waals surface area contributed by atoms with Crippen molar-refractivity contribution in [3.63, 3.8) is 0 Å². The second-order valence-electron chi connectivity index (χ2n) is 7.83. The van der Waals surface area contributed by atoms with Crippen LogP contribution in [-0.4, -0.2) is 53.0 Å². The van der Waals surface area contributed by atoms with E-state index in [1.807, 2.05) is 59.1 Å². The van der Waals surface area contributed by atoms with Gasteiger partial charge in [0.15, 0.2) is 0 Å². The third-order valence-corrected chi connectivity index (χ3v) is 7.89. The zero-order chi connectivity index (χ0) is 21.0. The maximum Gasteiger partial charge on any atom is 0.253 e. The van der Waals surface area contributed by atoms with Crippen LogP contribution in [-0.2, 0) is 11.2 Å². The van der Waals surface area contributed by atoms with Crippen LogP contribution in [0.2, 0.25) is 0 Å². The van der Waals surface area contributed by atoms with Gasteiger partial charge in [-0.1, -0.05) is 46.3 Å². The lowest BCUT2D eigenvalue weighted by molar-refractivity contribution is -0.122. The topological polar surface area (TPSA) is 61.4 Å². The van der Waals surface area contributed by atoms with Crippen LogP contribution in [0.1, 0.15) is 28.8 Å². The Morgan fingerprint density at radius 1 is 1.10 bits per heavy atom. The maximum atomic E-state index is 12.7. The Morgan fingerprint density at radius 2 is 1.80 bits per heavy atom. The first-order valence-electron chi connectivity index (χ1n) is 10.3. The molecular weight excluding hydrogens is 462 g/mol. The van der Waals surface area contributed by atoms with Crippen molar-refractivity contribution in [2.75, 3.05) is 25.4 Å². The Kier molecular flexibility index (Phi) is 6.80. The van der Waals surface area contributed by atoms with Crippen molar-refractivity contribution in [2.45, 2.75) is 30.2 Å². The van der Waals surface area contributed by atoms with Crippen LogP contribution in [0.4, 0.5) is 0 Å². The molecule has 7 heteroatoms. The molecule has 2 saturated heterocycles. The van der Waals surface area contributed by atoms with Gasteiger partial charge in [0.05, 0.1) is 10.9 Å². The van der Waals surface area contributed by atoms with Crippen LogP contribution in [0.5, 0.6) is 0 Å². The fourth-order valence-corrected chi connectivity index (χ4v) is 5.70. The molecular formula is C23H26BrN3O2S. The quantitative estimate of drug-likeness (QED) is 0.677. The predicted molar refractivity (Wildman–Crippen MR) is 125 cm³/mol. The number of nitrogens with zero attached hydrogens (tertiary/aromatic N) is 1. The highest BCUT2D eigenvalue weighted by Crippen LogP contribution is 2.39. The van der Waals surface area contributed by atoms with Crippen LogP contribution < -0.4 is 10.6 Å². The van der Waals surface area contributed by atoms with Crippen LogP contribution in [0.25, 0.3) is 0 Å².